The van der Waals surface area contributed by atoms with E-state index in [1.54, 1.807) is 4.68 Å². The molecule has 2 aromatic rings. The topological polar surface area (TPSA) is 39.9 Å². The quantitative estimate of drug-likeness (QED) is 0.753. The van der Waals surface area contributed by atoms with Gasteiger partial charge in [0.1, 0.15) is 6.10 Å². The first-order valence-corrected chi connectivity index (χ1v) is 6.22. The molecule has 4 nitrogen and oxygen atoms in total. The molecule has 1 aromatic carbocycles. The lowest BCUT2D eigenvalue weighted by Gasteiger charge is -2.23. The summed E-state index contributed by atoms with van der Waals surface area (Å²) in [5, 5.41) is 4.05. The highest BCUT2D eigenvalue weighted by Crippen LogP contribution is 2.31. The molecular weight excluding hydrogens is 327 g/mol. The first-order chi connectivity index (χ1) is 9.08. The van der Waals surface area contributed by atoms with Gasteiger partial charge in [-0.3, -0.25) is 0 Å². The van der Waals surface area contributed by atoms with Crippen LogP contribution >= 0.6 is 15.9 Å². The van der Waals surface area contributed by atoms with Crippen molar-refractivity contribution >= 4 is 15.9 Å². The van der Waals surface area contributed by atoms with Gasteiger partial charge in [0.25, 0.3) is 0 Å². The van der Waals surface area contributed by atoms with E-state index < -0.39 is 23.6 Å². The molecule has 1 aromatic heterocycles. The minimum Gasteiger partial charge on any atom is -0.363 e. The van der Waals surface area contributed by atoms with Crippen LogP contribution in [0.4, 0.5) is 13.2 Å². The predicted octanol–water partition coefficient (Wildman–Crippen LogP) is 2.58. The molecule has 1 aliphatic heterocycles. The van der Waals surface area contributed by atoms with Gasteiger partial charge in [0.2, 0.25) is 4.73 Å². The van der Waals surface area contributed by atoms with Crippen molar-refractivity contribution in [3.63, 3.8) is 0 Å². The molecule has 1 atom stereocenters. The van der Waals surface area contributed by atoms with Gasteiger partial charge in [-0.05, 0) is 28.1 Å². The molecule has 0 saturated heterocycles. The maximum atomic E-state index is 13.8. The average molecular weight is 334 g/mol. The Morgan fingerprint density at radius 2 is 2.05 bits per heavy atom. The second-order valence-corrected chi connectivity index (χ2v) is 4.69. The molecule has 0 bridgehead atoms. The first-order valence-electron chi connectivity index (χ1n) is 5.43. The van der Waals surface area contributed by atoms with Gasteiger partial charge in [0.05, 0.1) is 13.2 Å². The van der Waals surface area contributed by atoms with E-state index >= 15 is 0 Å². The second-order valence-electron chi connectivity index (χ2n) is 3.98. The Hall–Kier alpha value is -1.41. The van der Waals surface area contributed by atoms with E-state index in [0.717, 1.165) is 12.1 Å². The molecular formula is C11H7BrF3N3O. The Bertz CT molecular complexity index is 646. The van der Waals surface area contributed by atoms with Crippen molar-refractivity contribution in [3.05, 3.63) is 45.7 Å². The highest BCUT2D eigenvalue weighted by Gasteiger charge is 2.30. The van der Waals surface area contributed by atoms with Gasteiger partial charge in [-0.1, -0.05) is 0 Å². The van der Waals surface area contributed by atoms with Crippen molar-refractivity contribution in [2.24, 2.45) is 0 Å². The fourth-order valence-corrected chi connectivity index (χ4v) is 2.36. The van der Waals surface area contributed by atoms with Crippen LogP contribution in [-0.2, 0) is 11.3 Å². The molecule has 1 aliphatic rings. The van der Waals surface area contributed by atoms with E-state index in [1.165, 1.54) is 0 Å². The average Bonchev–Trinajstić information content (AvgIpc) is 2.76. The van der Waals surface area contributed by atoms with Crippen molar-refractivity contribution in [2.75, 3.05) is 6.61 Å². The standard InChI is InChI=1S/C11H7BrF3N3O/c12-11-16-10-9(19-4-3-18(10)17-11)5-1-2-6(13)8(15)7(5)14/h1-2,9H,3-4H2. The summed E-state index contributed by atoms with van der Waals surface area (Å²) in [5.41, 5.74) is -0.0975. The molecule has 0 saturated carbocycles. The van der Waals surface area contributed by atoms with Crippen LogP contribution in [0, 0.1) is 17.5 Å². The van der Waals surface area contributed by atoms with E-state index in [-0.39, 0.29) is 12.2 Å². The van der Waals surface area contributed by atoms with Crippen LogP contribution in [0.2, 0.25) is 0 Å². The van der Waals surface area contributed by atoms with Gasteiger partial charge < -0.3 is 4.74 Å². The second kappa shape index (κ2) is 4.61. The van der Waals surface area contributed by atoms with Crippen molar-refractivity contribution in [3.8, 4) is 0 Å². The predicted molar refractivity (Wildman–Crippen MR) is 61.8 cm³/mol. The highest BCUT2D eigenvalue weighted by atomic mass is 79.9. The maximum absolute atomic E-state index is 13.8. The van der Waals surface area contributed by atoms with E-state index in [2.05, 4.69) is 26.0 Å². The number of benzene rings is 1. The van der Waals surface area contributed by atoms with Gasteiger partial charge in [0.15, 0.2) is 23.3 Å². The van der Waals surface area contributed by atoms with Gasteiger partial charge in [-0.25, -0.2) is 22.8 Å². The third-order valence-corrected chi connectivity index (χ3v) is 3.18. The molecule has 0 N–H and O–H groups in total. The summed E-state index contributed by atoms with van der Waals surface area (Å²) in [6.07, 6.45) is -0.900. The number of aromatic nitrogens is 3. The van der Waals surface area contributed by atoms with Gasteiger partial charge in [0, 0.05) is 5.56 Å². The molecule has 0 fully saturated rings. The number of rotatable bonds is 1. The zero-order chi connectivity index (χ0) is 13.6. The largest absolute Gasteiger partial charge is 0.363 e. The normalized spacial score (nSPS) is 18.4. The molecule has 100 valence electrons. The first kappa shape index (κ1) is 12.6. The molecule has 3 rings (SSSR count). The fraction of sp³-hybridized carbons (Fsp3) is 0.273. The minimum atomic E-state index is -1.52. The summed E-state index contributed by atoms with van der Waals surface area (Å²) < 4.78 is 47.3. The lowest BCUT2D eigenvalue weighted by atomic mass is 10.1. The van der Waals surface area contributed by atoms with Crippen LogP contribution in [0.15, 0.2) is 16.9 Å². The third-order valence-electron chi connectivity index (χ3n) is 2.84. The number of hydrogen-bond donors (Lipinski definition) is 0. The smallest absolute Gasteiger partial charge is 0.217 e. The molecule has 0 aliphatic carbocycles. The zero-order valence-corrected chi connectivity index (χ0v) is 11.0. The summed E-state index contributed by atoms with van der Waals surface area (Å²) in [5.74, 6) is -3.67. The number of halogens is 4. The third kappa shape index (κ3) is 2.04. The van der Waals surface area contributed by atoms with Crippen molar-refractivity contribution < 1.29 is 17.9 Å². The van der Waals surface area contributed by atoms with Gasteiger partial charge >= 0.3 is 0 Å². The molecule has 0 amide bonds. The summed E-state index contributed by atoms with van der Waals surface area (Å²) in [6.45, 7) is 0.752. The molecule has 0 spiro atoms. The van der Waals surface area contributed by atoms with Crippen molar-refractivity contribution in [1.82, 2.24) is 14.8 Å². The van der Waals surface area contributed by atoms with E-state index in [4.69, 9.17) is 4.74 Å². The van der Waals surface area contributed by atoms with E-state index in [1.807, 2.05) is 0 Å². The van der Waals surface area contributed by atoms with Gasteiger partial charge in [-0.15, -0.1) is 5.10 Å². The Kier molecular flexibility index (Phi) is 3.06. The van der Waals surface area contributed by atoms with Crippen LogP contribution < -0.4 is 0 Å². The molecule has 0 radical (unpaired) electrons. The highest BCUT2D eigenvalue weighted by molar-refractivity contribution is 9.10. The lowest BCUT2D eigenvalue weighted by Crippen LogP contribution is -2.24. The Balaban J connectivity index is 2.11. The minimum absolute atomic E-state index is 0.0975. The number of fused-ring (bicyclic) bond motifs is 1. The number of hydrogen-bond acceptors (Lipinski definition) is 3. The molecule has 1 unspecified atom stereocenters. The SMILES string of the molecule is Fc1ccc(C2OCCn3nc(Br)nc32)c(F)c1F. The van der Waals surface area contributed by atoms with Crippen LogP contribution in [-0.4, -0.2) is 21.4 Å². The fourth-order valence-electron chi connectivity index (χ4n) is 1.99. The van der Waals surface area contributed by atoms with E-state index in [9.17, 15) is 13.2 Å². The zero-order valence-electron chi connectivity index (χ0n) is 9.41. The lowest BCUT2D eigenvalue weighted by molar-refractivity contribution is 0.0364. The Morgan fingerprint density at radius 3 is 2.84 bits per heavy atom. The van der Waals surface area contributed by atoms with E-state index in [0.29, 0.717) is 17.1 Å². The van der Waals surface area contributed by atoms with Gasteiger partial charge in [-0.2, -0.15) is 0 Å². The van der Waals surface area contributed by atoms with Crippen molar-refractivity contribution in [1.29, 1.82) is 0 Å². The summed E-state index contributed by atoms with van der Waals surface area (Å²) >= 11 is 3.11. The van der Waals surface area contributed by atoms with Crippen LogP contribution in [0.3, 0.4) is 0 Å². The summed E-state index contributed by atoms with van der Waals surface area (Å²) in [4.78, 5) is 4.06. The van der Waals surface area contributed by atoms with Crippen molar-refractivity contribution in [2.45, 2.75) is 12.6 Å². The van der Waals surface area contributed by atoms with Crippen LogP contribution in [0.5, 0.6) is 0 Å². The maximum Gasteiger partial charge on any atom is 0.217 e. The molecule has 2 heterocycles. The van der Waals surface area contributed by atoms with Crippen LogP contribution in [0.25, 0.3) is 0 Å². The monoisotopic (exact) mass is 333 g/mol. The molecule has 19 heavy (non-hydrogen) atoms. The number of ether oxygens (including phenoxy) is 1. The Morgan fingerprint density at radius 1 is 1.26 bits per heavy atom. The van der Waals surface area contributed by atoms with Crippen LogP contribution in [0.1, 0.15) is 17.5 Å². The molecule has 8 heteroatoms. The number of nitrogens with zero attached hydrogens (tertiary/aromatic N) is 3. The Labute approximate surface area is 114 Å². The summed E-state index contributed by atoms with van der Waals surface area (Å²) in [6, 6.07) is 2.01. The summed E-state index contributed by atoms with van der Waals surface area (Å²) in [7, 11) is 0.